The molecule has 4 heteroatoms. The van der Waals surface area contributed by atoms with E-state index in [-0.39, 0.29) is 6.04 Å². The highest BCUT2D eigenvalue weighted by molar-refractivity contribution is 5.10. The molecule has 1 aliphatic heterocycles. The molecule has 17 heavy (non-hydrogen) atoms. The number of rotatable bonds is 3. The van der Waals surface area contributed by atoms with Crippen molar-refractivity contribution in [3.05, 3.63) is 29.6 Å². The number of hydrogen-bond donors (Lipinski definition) is 1. The molecule has 0 amide bonds. The van der Waals surface area contributed by atoms with E-state index >= 15 is 0 Å². The van der Waals surface area contributed by atoms with Crippen molar-refractivity contribution in [2.45, 2.75) is 32.0 Å². The number of pyridine rings is 1. The normalized spacial score (nSPS) is 25.2. The van der Waals surface area contributed by atoms with Crippen molar-refractivity contribution in [1.82, 2.24) is 9.88 Å². The third-order valence-corrected chi connectivity index (χ3v) is 3.30. The number of aromatic nitrogens is 1. The minimum absolute atomic E-state index is 0.207. The Morgan fingerprint density at radius 3 is 3.06 bits per heavy atom. The highest BCUT2D eigenvalue weighted by atomic mass is 16.5. The molecule has 94 valence electrons. The molecule has 2 rings (SSSR count). The first-order valence-corrected chi connectivity index (χ1v) is 6.13. The molecule has 1 fully saturated rings. The van der Waals surface area contributed by atoms with E-state index < -0.39 is 0 Å². The Kier molecular flexibility index (Phi) is 4.10. The predicted molar refractivity (Wildman–Crippen MR) is 67.6 cm³/mol. The molecule has 2 heterocycles. The van der Waals surface area contributed by atoms with Crippen LogP contribution in [0.2, 0.25) is 0 Å². The monoisotopic (exact) mass is 235 g/mol. The van der Waals surface area contributed by atoms with Crippen molar-refractivity contribution in [3.8, 4) is 0 Å². The van der Waals surface area contributed by atoms with Gasteiger partial charge in [-0.2, -0.15) is 0 Å². The van der Waals surface area contributed by atoms with Gasteiger partial charge in [0, 0.05) is 30.9 Å². The summed E-state index contributed by atoms with van der Waals surface area (Å²) in [6.45, 7) is 4.35. The number of ether oxygens (including phenoxy) is 1. The van der Waals surface area contributed by atoms with Crippen LogP contribution in [-0.2, 0) is 11.3 Å². The zero-order chi connectivity index (χ0) is 12.3. The Labute approximate surface area is 103 Å². The number of nitrogens with zero attached hydrogens (tertiary/aromatic N) is 2. The minimum atomic E-state index is 0.207. The first-order valence-electron chi connectivity index (χ1n) is 6.13. The fourth-order valence-corrected chi connectivity index (χ4v) is 2.25. The van der Waals surface area contributed by atoms with Gasteiger partial charge in [0.1, 0.15) is 0 Å². The molecular formula is C13H21N3O. The van der Waals surface area contributed by atoms with Crippen molar-refractivity contribution in [2.75, 3.05) is 20.3 Å². The SMILES string of the molecule is Cc1cccc(CN(C)C2COCCC2N)n1. The van der Waals surface area contributed by atoms with Gasteiger partial charge in [-0.3, -0.25) is 9.88 Å². The van der Waals surface area contributed by atoms with E-state index in [2.05, 4.69) is 23.0 Å². The minimum Gasteiger partial charge on any atom is -0.380 e. The van der Waals surface area contributed by atoms with Crippen LogP contribution in [0.4, 0.5) is 0 Å². The zero-order valence-electron chi connectivity index (χ0n) is 10.6. The molecule has 0 aliphatic carbocycles. The molecule has 2 atom stereocenters. The van der Waals surface area contributed by atoms with E-state index in [4.69, 9.17) is 10.5 Å². The average Bonchev–Trinajstić information content (AvgIpc) is 2.29. The lowest BCUT2D eigenvalue weighted by Gasteiger charge is -2.35. The van der Waals surface area contributed by atoms with Gasteiger partial charge in [-0.15, -0.1) is 0 Å². The van der Waals surface area contributed by atoms with Crippen LogP contribution < -0.4 is 5.73 Å². The van der Waals surface area contributed by atoms with Gasteiger partial charge in [0.25, 0.3) is 0 Å². The second kappa shape index (κ2) is 5.58. The third kappa shape index (κ3) is 3.25. The Hall–Kier alpha value is -0.970. The Morgan fingerprint density at radius 1 is 1.53 bits per heavy atom. The van der Waals surface area contributed by atoms with Crippen molar-refractivity contribution >= 4 is 0 Å². The van der Waals surface area contributed by atoms with Gasteiger partial charge in [0.15, 0.2) is 0 Å². The van der Waals surface area contributed by atoms with Crippen LogP contribution in [0.25, 0.3) is 0 Å². The average molecular weight is 235 g/mol. The fourth-order valence-electron chi connectivity index (χ4n) is 2.25. The summed E-state index contributed by atoms with van der Waals surface area (Å²) in [4.78, 5) is 6.75. The first-order chi connectivity index (χ1) is 8.16. The highest BCUT2D eigenvalue weighted by Crippen LogP contribution is 2.13. The summed E-state index contributed by atoms with van der Waals surface area (Å²) in [6.07, 6.45) is 0.941. The van der Waals surface area contributed by atoms with E-state index in [1.165, 1.54) is 0 Å². The van der Waals surface area contributed by atoms with Crippen LogP contribution in [0.1, 0.15) is 17.8 Å². The van der Waals surface area contributed by atoms with Crippen molar-refractivity contribution < 1.29 is 4.74 Å². The largest absolute Gasteiger partial charge is 0.380 e. The van der Waals surface area contributed by atoms with Crippen LogP contribution in [-0.4, -0.2) is 42.2 Å². The summed E-state index contributed by atoms with van der Waals surface area (Å²) in [6, 6.07) is 6.62. The summed E-state index contributed by atoms with van der Waals surface area (Å²) < 4.78 is 5.49. The second-order valence-corrected chi connectivity index (χ2v) is 4.78. The van der Waals surface area contributed by atoms with Gasteiger partial charge in [-0.1, -0.05) is 6.07 Å². The van der Waals surface area contributed by atoms with Gasteiger partial charge >= 0.3 is 0 Å². The molecule has 2 unspecified atom stereocenters. The third-order valence-electron chi connectivity index (χ3n) is 3.30. The summed E-state index contributed by atoms with van der Waals surface area (Å²) in [5.74, 6) is 0. The lowest BCUT2D eigenvalue weighted by Crippen LogP contribution is -2.51. The lowest BCUT2D eigenvalue weighted by atomic mass is 10.0. The van der Waals surface area contributed by atoms with Crippen LogP contribution in [0.15, 0.2) is 18.2 Å². The van der Waals surface area contributed by atoms with Crippen LogP contribution in [0, 0.1) is 6.92 Å². The van der Waals surface area contributed by atoms with Crippen LogP contribution >= 0.6 is 0 Å². The number of likely N-dealkylation sites (N-methyl/N-ethyl adjacent to an activating group) is 1. The summed E-state index contributed by atoms with van der Waals surface area (Å²) in [5.41, 5.74) is 8.27. The van der Waals surface area contributed by atoms with Crippen molar-refractivity contribution in [1.29, 1.82) is 0 Å². The number of hydrogen-bond acceptors (Lipinski definition) is 4. The Morgan fingerprint density at radius 2 is 2.35 bits per heavy atom. The van der Waals surface area contributed by atoms with E-state index in [0.29, 0.717) is 6.04 Å². The van der Waals surface area contributed by atoms with Gasteiger partial charge in [0.05, 0.1) is 12.3 Å². The Balaban J connectivity index is 1.98. The smallest absolute Gasteiger partial charge is 0.0636 e. The highest BCUT2D eigenvalue weighted by Gasteiger charge is 2.26. The molecule has 1 aromatic heterocycles. The van der Waals surface area contributed by atoms with Gasteiger partial charge in [-0.25, -0.2) is 0 Å². The lowest BCUT2D eigenvalue weighted by molar-refractivity contribution is 0.0123. The molecule has 0 radical (unpaired) electrons. The number of aryl methyl sites for hydroxylation is 1. The molecule has 0 saturated carbocycles. The summed E-state index contributed by atoms with van der Waals surface area (Å²) in [5, 5.41) is 0. The molecule has 2 N–H and O–H groups in total. The van der Waals surface area contributed by atoms with Gasteiger partial charge in [0.2, 0.25) is 0 Å². The van der Waals surface area contributed by atoms with Crippen LogP contribution in [0.5, 0.6) is 0 Å². The molecule has 0 spiro atoms. The summed E-state index contributed by atoms with van der Waals surface area (Å²) >= 11 is 0. The first kappa shape index (κ1) is 12.5. The van der Waals surface area contributed by atoms with E-state index in [1.807, 2.05) is 19.1 Å². The van der Waals surface area contributed by atoms with E-state index in [1.54, 1.807) is 0 Å². The molecule has 0 aromatic carbocycles. The van der Waals surface area contributed by atoms with Gasteiger partial charge in [-0.05, 0) is 32.5 Å². The van der Waals surface area contributed by atoms with E-state index in [9.17, 15) is 0 Å². The molecule has 1 saturated heterocycles. The van der Waals surface area contributed by atoms with Gasteiger partial charge < -0.3 is 10.5 Å². The molecule has 0 bridgehead atoms. The second-order valence-electron chi connectivity index (χ2n) is 4.78. The molecule has 1 aliphatic rings. The molecule has 4 nitrogen and oxygen atoms in total. The molecule has 1 aromatic rings. The maximum atomic E-state index is 6.12. The quantitative estimate of drug-likeness (QED) is 0.847. The standard InChI is InChI=1S/C13H21N3O/c1-10-4-3-5-11(15-10)8-16(2)13-9-17-7-6-12(13)14/h3-5,12-13H,6-9,14H2,1-2H3. The fraction of sp³-hybridized carbons (Fsp3) is 0.615. The summed E-state index contributed by atoms with van der Waals surface area (Å²) in [7, 11) is 2.09. The van der Waals surface area contributed by atoms with E-state index in [0.717, 1.165) is 37.6 Å². The van der Waals surface area contributed by atoms with Crippen LogP contribution in [0.3, 0.4) is 0 Å². The maximum Gasteiger partial charge on any atom is 0.0636 e. The zero-order valence-corrected chi connectivity index (χ0v) is 10.6. The maximum absolute atomic E-state index is 6.12. The molecular weight excluding hydrogens is 214 g/mol. The van der Waals surface area contributed by atoms with Crippen molar-refractivity contribution in [2.24, 2.45) is 5.73 Å². The Bertz CT molecular complexity index is 369. The topological polar surface area (TPSA) is 51.4 Å². The predicted octanol–water partition coefficient (Wildman–Crippen LogP) is 0.938. The van der Waals surface area contributed by atoms with Crippen molar-refractivity contribution in [3.63, 3.8) is 0 Å². The number of nitrogens with two attached hydrogens (primary N) is 1.